The van der Waals surface area contributed by atoms with Gasteiger partial charge in [0, 0.05) is 16.7 Å². The first-order valence-corrected chi connectivity index (χ1v) is 12.3. The minimum atomic E-state index is -0.760. The highest BCUT2D eigenvalue weighted by Gasteiger charge is 2.22. The van der Waals surface area contributed by atoms with Gasteiger partial charge in [0.25, 0.3) is 17.7 Å². The van der Waals surface area contributed by atoms with Crippen molar-refractivity contribution in [1.29, 1.82) is 0 Å². The summed E-state index contributed by atoms with van der Waals surface area (Å²) in [5.41, 5.74) is -2.63. The standard InChI is InChI=1S/C27H39N3O9/c1-25(2,3)37-19(31)13-28-22(34)16-10-17(23(35)29-14-20(32)38-26(4,5)6)12-18(11-16)24(36)30-15-21(33)39-27(7,8)9/h10-12H,13-15H2,1-9H3,(H,28,34)(H,29,35)(H,30,36). The number of ether oxygens (including phenoxy) is 3. The van der Waals surface area contributed by atoms with E-state index in [1.54, 1.807) is 62.3 Å². The monoisotopic (exact) mass is 549 g/mol. The van der Waals surface area contributed by atoms with E-state index >= 15 is 0 Å². The van der Waals surface area contributed by atoms with Gasteiger partial charge in [0.05, 0.1) is 0 Å². The quantitative estimate of drug-likeness (QED) is 0.308. The number of hydrogen-bond donors (Lipinski definition) is 3. The van der Waals surface area contributed by atoms with Crippen LogP contribution in [0, 0.1) is 0 Å². The largest absolute Gasteiger partial charge is 0.459 e. The Kier molecular flexibility index (Phi) is 11.2. The van der Waals surface area contributed by atoms with E-state index in [0.717, 1.165) is 0 Å². The van der Waals surface area contributed by atoms with E-state index in [-0.39, 0.29) is 16.7 Å². The molecule has 12 heteroatoms. The molecule has 0 fully saturated rings. The summed E-state index contributed by atoms with van der Waals surface area (Å²) in [7, 11) is 0. The van der Waals surface area contributed by atoms with Crippen molar-refractivity contribution >= 4 is 35.6 Å². The topological polar surface area (TPSA) is 166 Å². The molecular weight excluding hydrogens is 510 g/mol. The zero-order valence-electron chi connectivity index (χ0n) is 24.0. The van der Waals surface area contributed by atoms with Gasteiger partial charge in [-0.2, -0.15) is 0 Å². The zero-order chi connectivity index (χ0) is 30.2. The van der Waals surface area contributed by atoms with Crippen molar-refractivity contribution in [3.05, 3.63) is 34.9 Å². The molecular formula is C27H39N3O9. The molecule has 0 atom stereocenters. The molecule has 0 saturated carbocycles. The second kappa shape index (κ2) is 13.2. The maximum atomic E-state index is 12.8. The molecule has 0 spiro atoms. The molecule has 1 rings (SSSR count). The highest BCUT2D eigenvalue weighted by molar-refractivity contribution is 6.05. The lowest BCUT2D eigenvalue weighted by molar-refractivity contribution is -0.154. The van der Waals surface area contributed by atoms with Gasteiger partial charge in [-0.1, -0.05) is 0 Å². The van der Waals surface area contributed by atoms with Gasteiger partial charge in [0.2, 0.25) is 0 Å². The summed E-state index contributed by atoms with van der Waals surface area (Å²) in [4.78, 5) is 74.3. The van der Waals surface area contributed by atoms with Crippen LogP contribution in [0.25, 0.3) is 0 Å². The minimum absolute atomic E-state index is 0.120. The third kappa shape index (κ3) is 14.0. The number of esters is 3. The smallest absolute Gasteiger partial charge is 0.325 e. The van der Waals surface area contributed by atoms with E-state index in [9.17, 15) is 28.8 Å². The van der Waals surface area contributed by atoms with Crippen LogP contribution in [0.15, 0.2) is 18.2 Å². The van der Waals surface area contributed by atoms with Gasteiger partial charge in [-0.3, -0.25) is 28.8 Å². The van der Waals surface area contributed by atoms with Crippen LogP contribution >= 0.6 is 0 Å². The SMILES string of the molecule is CC(C)(C)OC(=O)CNC(=O)c1cc(C(=O)NCC(=O)OC(C)(C)C)cc(C(=O)NCC(=O)OC(C)(C)C)c1. The maximum absolute atomic E-state index is 12.8. The first-order chi connectivity index (χ1) is 17.6. The molecule has 0 saturated heterocycles. The average molecular weight is 550 g/mol. The normalized spacial score (nSPS) is 11.6. The van der Waals surface area contributed by atoms with Crippen LogP contribution in [0.2, 0.25) is 0 Å². The first-order valence-electron chi connectivity index (χ1n) is 12.3. The van der Waals surface area contributed by atoms with Gasteiger partial charge in [-0.05, 0) is 80.5 Å². The van der Waals surface area contributed by atoms with Crippen LogP contribution in [-0.4, -0.2) is 72.1 Å². The molecule has 1 aromatic rings. The van der Waals surface area contributed by atoms with Crippen molar-refractivity contribution < 1.29 is 43.0 Å². The molecule has 0 heterocycles. The lowest BCUT2D eigenvalue weighted by Crippen LogP contribution is -2.36. The molecule has 0 radical (unpaired) electrons. The predicted octanol–water partition coefficient (Wildman–Crippen LogP) is 1.90. The molecule has 3 N–H and O–H groups in total. The Morgan fingerprint density at radius 3 is 0.872 bits per heavy atom. The van der Waals surface area contributed by atoms with Gasteiger partial charge in [0.15, 0.2) is 0 Å². The van der Waals surface area contributed by atoms with Crippen molar-refractivity contribution in [3.8, 4) is 0 Å². The van der Waals surface area contributed by atoms with Gasteiger partial charge in [-0.25, -0.2) is 0 Å². The molecule has 0 aliphatic heterocycles. The fourth-order valence-corrected chi connectivity index (χ4v) is 2.92. The number of nitrogens with one attached hydrogen (secondary N) is 3. The Bertz CT molecular complexity index is 957. The van der Waals surface area contributed by atoms with Crippen molar-refractivity contribution in [2.75, 3.05) is 19.6 Å². The van der Waals surface area contributed by atoms with Crippen LogP contribution in [0.3, 0.4) is 0 Å². The van der Waals surface area contributed by atoms with Crippen LogP contribution in [-0.2, 0) is 28.6 Å². The number of carbonyl (C=O) groups excluding carboxylic acids is 6. The predicted molar refractivity (Wildman–Crippen MR) is 141 cm³/mol. The molecule has 1 aromatic carbocycles. The summed E-state index contributed by atoms with van der Waals surface area (Å²) >= 11 is 0. The molecule has 0 aliphatic carbocycles. The molecule has 12 nitrogen and oxygen atoms in total. The Hall–Kier alpha value is -3.96. The molecule has 216 valence electrons. The second-order valence-electron chi connectivity index (χ2n) is 11.6. The fraction of sp³-hybridized carbons (Fsp3) is 0.556. The minimum Gasteiger partial charge on any atom is -0.459 e. The van der Waals surface area contributed by atoms with Crippen molar-refractivity contribution in [2.45, 2.75) is 79.1 Å². The number of amides is 3. The first kappa shape index (κ1) is 33.1. The van der Waals surface area contributed by atoms with Crippen LogP contribution in [0.4, 0.5) is 0 Å². The van der Waals surface area contributed by atoms with E-state index in [4.69, 9.17) is 14.2 Å². The van der Waals surface area contributed by atoms with E-state index in [1.165, 1.54) is 18.2 Å². The van der Waals surface area contributed by atoms with Gasteiger partial charge in [-0.15, -0.1) is 0 Å². The van der Waals surface area contributed by atoms with Crippen molar-refractivity contribution in [2.24, 2.45) is 0 Å². The van der Waals surface area contributed by atoms with E-state index < -0.39 is 72.1 Å². The molecule has 0 aromatic heterocycles. The molecule has 3 amide bonds. The van der Waals surface area contributed by atoms with Gasteiger partial charge in [0.1, 0.15) is 36.4 Å². The Balaban J connectivity index is 3.13. The summed E-state index contributed by atoms with van der Waals surface area (Å²) in [5.74, 6) is -4.33. The third-order valence-electron chi connectivity index (χ3n) is 4.16. The highest BCUT2D eigenvalue weighted by atomic mass is 16.6. The van der Waals surface area contributed by atoms with Gasteiger partial charge >= 0.3 is 17.9 Å². The van der Waals surface area contributed by atoms with E-state index in [1.807, 2.05) is 0 Å². The van der Waals surface area contributed by atoms with Crippen LogP contribution in [0.5, 0.6) is 0 Å². The van der Waals surface area contributed by atoms with Gasteiger partial charge < -0.3 is 30.2 Å². The van der Waals surface area contributed by atoms with E-state index in [2.05, 4.69) is 16.0 Å². The fourth-order valence-electron chi connectivity index (χ4n) is 2.92. The summed E-state index contributed by atoms with van der Waals surface area (Å²) in [5, 5.41) is 7.14. The van der Waals surface area contributed by atoms with Crippen molar-refractivity contribution in [1.82, 2.24) is 16.0 Å². The Labute approximate surface area is 228 Å². The molecule has 0 bridgehead atoms. The number of rotatable bonds is 9. The Morgan fingerprint density at radius 2 is 0.692 bits per heavy atom. The molecule has 39 heavy (non-hydrogen) atoms. The summed E-state index contributed by atoms with van der Waals surface area (Å²) in [6, 6.07) is 3.58. The molecule has 0 aliphatic rings. The molecule has 0 unspecified atom stereocenters. The average Bonchev–Trinajstić information content (AvgIpc) is 2.75. The van der Waals surface area contributed by atoms with Crippen LogP contribution < -0.4 is 16.0 Å². The second-order valence-corrected chi connectivity index (χ2v) is 11.6. The summed E-state index contributed by atoms with van der Waals surface area (Å²) in [6.07, 6.45) is 0. The maximum Gasteiger partial charge on any atom is 0.325 e. The highest BCUT2D eigenvalue weighted by Crippen LogP contribution is 2.13. The summed E-state index contributed by atoms with van der Waals surface area (Å²) < 4.78 is 15.5. The zero-order valence-corrected chi connectivity index (χ0v) is 24.0. The number of hydrogen-bond acceptors (Lipinski definition) is 9. The number of benzene rings is 1. The summed E-state index contributed by atoms with van der Waals surface area (Å²) in [6.45, 7) is 13.7. The third-order valence-corrected chi connectivity index (χ3v) is 4.16. The number of carbonyl (C=O) groups is 6. The Morgan fingerprint density at radius 1 is 0.487 bits per heavy atom. The van der Waals surface area contributed by atoms with E-state index in [0.29, 0.717) is 0 Å². The lowest BCUT2D eigenvalue weighted by atomic mass is 10.0. The van der Waals surface area contributed by atoms with Crippen LogP contribution in [0.1, 0.15) is 93.4 Å². The van der Waals surface area contributed by atoms with Crippen molar-refractivity contribution in [3.63, 3.8) is 0 Å². The lowest BCUT2D eigenvalue weighted by Gasteiger charge is -2.20.